The van der Waals surface area contributed by atoms with Crippen molar-refractivity contribution in [2.75, 3.05) is 16.8 Å². The maximum Gasteiger partial charge on any atom is 0.310 e. The van der Waals surface area contributed by atoms with Gasteiger partial charge in [0.15, 0.2) is 0 Å². The minimum atomic E-state index is -0.872. The molecule has 1 aliphatic rings. The highest BCUT2D eigenvalue weighted by molar-refractivity contribution is 7.16. The minimum Gasteiger partial charge on any atom is -0.481 e. The minimum absolute atomic E-state index is 0.0847. The zero-order valence-corrected chi connectivity index (χ0v) is 16.1. The third-order valence-corrected chi connectivity index (χ3v) is 5.94. The molecule has 2 unspecified atom stereocenters. The molecule has 3 heterocycles. The monoisotopic (exact) mass is 396 g/mol. The fourth-order valence-electron chi connectivity index (χ4n) is 3.52. The molecule has 7 nitrogen and oxygen atoms in total. The Morgan fingerprint density at radius 3 is 2.79 bits per heavy atom. The molecule has 28 heavy (non-hydrogen) atoms. The van der Waals surface area contributed by atoms with E-state index in [1.54, 1.807) is 48.9 Å². The fourth-order valence-corrected chi connectivity index (χ4v) is 4.25. The molecule has 0 spiro atoms. The number of carbonyl (C=O) groups excluding carboxylic acids is 1. The second-order valence-corrected chi connectivity index (χ2v) is 7.75. The van der Waals surface area contributed by atoms with Gasteiger partial charge in [-0.25, -0.2) is 9.97 Å². The van der Waals surface area contributed by atoms with Crippen LogP contribution in [0.25, 0.3) is 10.2 Å². The van der Waals surface area contributed by atoms with E-state index >= 15 is 0 Å². The number of nitrogens with one attached hydrogen (secondary N) is 1. The first-order valence-electron chi connectivity index (χ1n) is 9.13. The van der Waals surface area contributed by atoms with Crippen LogP contribution in [-0.2, 0) is 9.59 Å². The van der Waals surface area contributed by atoms with Crippen LogP contribution in [0.3, 0.4) is 0 Å². The molecule has 0 radical (unpaired) electrons. The SMILES string of the molecule is CC(C(=O)O)c1ccc(NC(=O)C2CCCN2c2ncnc3sccc23)cc1. The Balaban J connectivity index is 1.51. The molecular weight excluding hydrogens is 376 g/mol. The molecule has 2 atom stereocenters. The van der Waals surface area contributed by atoms with Crippen LogP contribution in [0.2, 0.25) is 0 Å². The van der Waals surface area contributed by atoms with Crippen molar-refractivity contribution in [1.82, 2.24) is 9.97 Å². The fraction of sp³-hybridized carbons (Fsp3) is 0.300. The standard InChI is InChI=1S/C20H20N4O3S/c1-12(20(26)27)13-4-6-14(7-5-13)23-18(25)16-3-2-9-24(16)17-15-8-10-28-19(15)22-11-21-17/h4-8,10-12,16H,2-3,9H2,1H3,(H,23,25)(H,26,27). The number of thiophene rings is 1. The van der Waals surface area contributed by atoms with Crippen LogP contribution in [0.1, 0.15) is 31.2 Å². The lowest BCUT2D eigenvalue weighted by Crippen LogP contribution is -2.40. The number of rotatable bonds is 5. The van der Waals surface area contributed by atoms with Gasteiger partial charge in [-0.05, 0) is 48.9 Å². The summed E-state index contributed by atoms with van der Waals surface area (Å²) in [7, 11) is 0. The number of hydrogen-bond acceptors (Lipinski definition) is 6. The summed E-state index contributed by atoms with van der Waals surface area (Å²) in [5.41, 5.74) is 1.36. The average molecular weight is 396 g/mol. The maximum absolute atomic E-state index is 12.9. The predicted molar refractivity (Wildman–Crippen MR) is 109 cm³/mol. The molecule has 0 aliphatic carbocycles. The van der Waals surface area contributed by atoms with Gasteiger partial charge in [-0.2, -0.15) is 0 Å². The lowest BCUT2D eigenvalue weighted by Gasteiger charge is -2.25. The van der Waals surface area contributed by atoms with Crippen LogP contribution in [0.5, 0.6) is 0 Å². The Hall–Kier alpha value is -3.00. The van der Waals surface area contributed by atoms with E-state index in [0.717, 1.165) is 35.4 Å². The van der Waals surface area contributed by atoms with Gasteiger partial charge in [-0.15, -0.1) is 11.3 Å². The van der Waals surface area contributed by atoms with Gasteiger partial charge in [-0.3, -0.25) is 9.59 Å². The van der Waals surface area contributed by atoms with Crippen LogP contribution in [0, 0.1) is 0 Å². The molecule has 3 aromatic rings. The van der Waals surface area contributed by atoms with Crippen molar-refractivity contribution in [2.24, 2.45) is 0 Å². The Morgan fingerprint density at radius 1 is 1.25 bits per heavy atom. The van der Waals surface area contributed by atoms with Crippen molar-refractivity contribution in [3.63, 3.8) is 0 Å². The highest BCUT2D eigenvalue weighted by atomic mass is 32.1. The molecule has 8 heteroatoms. The Bertz CT molecular complexity index is 1020. The Kier molecular flexibility index (Phi) is 4.95. The number of aromatic nitrogens is 2. The summed E-state index contributed by atoms with van der Waals surface area (Å²) in [6, 6.07) is 8.66. The first-order valence-corrected chi connectivity index (χ1v) is 10.0. The van der Waals surface area contributed by atoms with Crippen molar-refractivity contribution < 1.29 is 14.7 Å². The van der Waals surface area contributed by atoms with Crippen molar-refractivity contribution >= 4 is 44.9 Å². The average Bonchev–Trinajstić information content (AvgIpc) is 3.37. The maximum atomic E-state index is 12.9. The number of carboxylic acids is 1. The van der Waals surface area contributed by atoms with E-state index in [9.17, 15) is 9.59 Å². The molecule has 1 saturated heterocycles. The molecule has 1 aromatic carbocycles. The van der Waals surface area contributed by atoms with Crippen molar-refractivity contribution in [3.05, 3.63) is 47.6 Å². The Morgan fingerprint density at radius 2 is 2.04 bits per heavy atom. The summed E-state index contributed by atoms with van der Waals surface area (Å²) >= 11 is 1.56. The zero-order chi connectivity index (χ0) is 19.7. The van der Waals surface area contributed by atoms with E-state index in [4.69, 9.17) is 5.11 Å². The number of anilines is 2. The van der Waals surface area contributed by atoms with Crippen molar-refractivity contribution in [1.29, 1.82) is 0 Å². The molecule has 1 aliphatic heterocycles. The number of carboxylic acid groups (broad SMARTS) is 1. The van der Waals surface area contributed by atoms with Gasteiger partial charge < -0.3 is 15.3 Å². The largest absolute Gasteiger partial charge is 0.481 e. The quantitative estimate of drug-likeness (QED) is 0.685. The van der Waals surface area contributed by atoms with Crippen molar-refractivity contribution in [2.45, 2.75) is 31.7 Å². The molecule has 144 valence electrons. The van der Waals surface area contributed by atoms with Gasteiger partial charge in [0.2, 0.25) is 5.91 Å². The van der Waals surface area contributed by atoms with Crippen LogP contribution in [-0.4, -0.2) is 39.5 Å². The first kappa shape index (κ1) is 18.4. The van der Waals surface area contributed by atoms with Gasteiger partial charge >= 0.3 is 5.97 Å². The number of carbonyl (C=O) groups is 2. The summed E-state index contributed by atoms with van der Waals surface area (Å²) in [6.07, 6.45) is 3.22. The lowest BCUT2D eigenvalue weighted by molar-refractivity contribution is -0.138. The topological polar surface area (TPSA) is 95.4 Å². The van der Waals surface area contributed by atoms with Crippen LogP contribution >= 0.6 is 11.3 Å². The summed E-state index contributed by atoms with van der Waals surface area (Å²) in [4.78, 5) is 35.7. The van der Waals surface area contributed by atoms with E-state index in [1.807, 2.05) is 16.3 Å². The smallest absolute Gasteiger partial charge is 0.310 e. The molecule has 1 fully saturated rings. The van der Waals surface area contributed by atoms with E-state index in [2.05, 4.69) is 15.3 Å². The predicted octanol–water partition coefficient (Wildman–Crippen LogP) is 3.49. The molecule has 4 rings (SSSR count). The normalized spacial score (nSPS) is 17.6. The zero-order valence-electron chi connectivity index (χ0n) is 15.3. The van der Waals surface area contributed by atoms with Gasteiger partial charge in [-0.1, -0.05) is 12.1 Å². The van der Waals surface area contributed by atoms with E-state index in [-0.39, 0.29) is 11.9 Å². The second kappa shape index (κ2) is 7.55. The number of nitrogens with zero attached hydrogens (tertiary/aromatic N) is 3. The molecular formula is C20H20N4O3S. The summed E-state index contributed by atoms with van der Waals surface area (Å²) in [5, 5.41) is 15.0. The number of hydrogen-bond donors (Lipinski definition) is 2. The summed E-state index contributed by atoms with van der Waals surface area (Å²) < 4.78 is 0. The molecule has 0 bridgehead atoms. The van der Waals surface area contributed by atoms with E-state index < -0.39 is 11.9 Å². The summed E-state index contributed by atoms with van der Waals surface area (Å²) in [6.45, 7) is 2.41. The van der Waals surface area contributed by atoms with Gasteiger partial charge in [0, 0.05) is 12.2 Å². The molecule has 0 saturated carbocycles. The van der Waals surface area contributed by atoms with Crippen LogP contribution in [0.4, 0.5) is 11.5 Å². The molecule has 2 aromatic heterocycles. The number of fused-ring (bicyclic) bond motifs is 1. The van der Waals surface area contributed by atoms with E-state index in [0.29, 0.717) is 11.3 Å². The highest BCUT2D eigenvalue weighted by Crippen LogP contribution is 2.32. The summed E-state index contributed by atoms with van der Waals surface area (Å²) in [5.74, 6) is -0.739. The van der Waals surface area contributed by atoms with Crippen LogP contribution < -0.4 is 10.2 Å². The van der Waals surface area contributed by atoms with Gasteiger partial charge in [0.05, 0.1) is 11.3 Å². The van der Waals surface area contributed by atoms with E-state index in [1.165, 1.54) is 0 Å². The van der Waals surface area contributed by atoms with Crippen LogP contribution in [0.15, 0.2) is 42.0 Å². The third-order valence-electron chi connectivity index (χ3n) is 5.12. The first-order chi connectivity index (χ1) is 13.5. The molecule has 1 amide bonds. The Labute approximate surface area is 166 Å². The van der Waals surface area contributed by atoms with Gasteiger partial charge in [0.1, 0.15) is 23.0 Å². The lowest BCUT2D eigenvalue weighted by atomic mass is 10.0. The number of aliphatic carboxylic acids is 1. The van der Waals surface area contributed by atoms with Crippen molar-refractivity contribution in [3.8, 4) is 0 Å². The highest BCUT2D eigenvalue weighted by Gasteiger charge is 2.32. The third kappa shape index (κ3) is 3.43. The number of amides is 1. The number of benzene rings is 1. The molecule has 2 N–H and O–H groups in total. The second-order valence-electron chi connectivity index (χ2n) is 6.86. The van der Waals surface area contributed by atoms with Gasteiger partial charge in [0.25, 0.3) is 0 Å².